The summed E-state index contributed by atoms with van der Waals surface area (Å²) in [5.74, 6) is -0.301. The van der Waals surface area contributed by atoms with E-state index in [1.54, 1.807) is 30.3 Å². The number of nitrogens with one attached hydrogen (secondary N) is 1. The minimum atomic E-state index is -0.506. The Morgan fingerprint density at radius 1 is 1.20 bits per heavy atom. The number of fused-ring (bicyclic) bond motifs is 1. The molecule has 0 bridgehead atoms. The van der Waals surface area contributed by atoms with E-state index in [-0.39, 0.29) is 16.4 Å². The lowest BCUT2D eigenvalue weighted by molar-refractivity contribution is 0.0601. The zero-order chi connectivity index (χ0) is 18.0. The summed E-state index contributed by atoms with van der Waals surface area (Å²) in [6, 6.07) is 11.6. The van der Waals surface area contributed by atoms with Crippen LogP contribution in [-0.2, 0) is 4.74 Å². The summed E-state index contributed by atoms with van der Waals surface area (Å²) in [6.45, 7) is 0. The van der Waals surface area contributed by atoms with Gasteiger partial charge in [-0.15, -0.1) is 0 Å². The van der Waals surface area contributed by atoms with Crippen molar-refractivity contribution in [2.45, 2.75) is 0 Å². The van der Waals surface area contributed by atoms with Crippen molar-refractivity contribution in [3.05, 3.63) is 74.8 Å². The fraction of sp³-hybridized carbons (Fsp3) is 0.0556. The van der Waals surface area contributed by atoms with Crippen molar-refractivity contribution in [1.82, 2.24) is 9.97 Å². The van der Waals surface area contributed by atoms with Crippen molar-refractivity contribution in [2.75, 3.05) is 7.11 Å². The normalized spacial score (nSPS) is 11.6. The van der Waals surface area contributed by atoms with Crippen LogP contribution in [0.3, 0.4) is 0 Å². The zero-order valence-corrected chi connectivity index (χ0v) is 14.6. The maximum atomic E-state index is 12.2. The maximum Gasteiger partial charge on any atom is 0.337 e. The molecule has 1 heterocycles. The van der Waals surface area contributed by atoms with Crippen molar-refractivity contribution < 1.29 is 9.53 Å². The fourth-order valence-corrected chi connectivity index (χ4v) is 2.61. The van der Waals surface area contributed by atoms with Crippen LogP contribution in [0, 0.1) is 0 Å². The third-order valence-corrected chi connectivity index (χ3v) is 4.06. The molecule has 2 aromatic carbocycles. The van der Waals surface area contributed by atoms with Gasteiger partial charge in [-0.25, -0.2) is 9.78 Å². The quantitative estimate of drug-likeness (QED) is 0.700. The third-order valence-electron chi connectivity index (χ3n) is 3.52. The third kappa shape index (κ3) is 3.73. The Labute approximate surface area is 152 Å². The van der Waals surface area contributed by atoms with Gasteiger partial charge in [0.2, 0.25) is 0 Å². The van der Waals surface area contributed by atoms with E-state index in [1.165, 1.54) is 25.3 Å². The Morgan fingerprint density at radius 3 is 2.60 bits per heavy atom. The Balaban J connectivity index is 2.08. The van der Waals surface area contributed by atoms with Crippen LogP contribution in [0.25, 0.3) is 22.0 Å². The van der Waals surface area contributed by atoms with Gasteiger partial charge in [0.05, 0.1) is 28.6 Å². The van der Waals surface area contributed by atoms with Gasteiger partial charge < -0.3 is 9.72 Å². The van der Waals surface area contributed by atoms with Gasteiger partial charge >= 0.3 is 5.97 Å². The summed E-state index contributed by atoms with van der Waals surface area (Å²) in [5, 5.41) is 1.22. The van der Waals surface area contributed by atoms with Crippen LogP contribution in [0.2, 0.25) is 5.02 Å². The summed E-state index contributed by atoms with van der Waals surface area (Å²) in [4.78, 5) is 30.9. The van der Waals surface area contributed by atoms with E-state index in [9.17, 15) is 9.59 Å². The standard InChI is InChI=1S/C18H12Cl2N2O3/c1-25-18(24)11-4-7-13-15(9-11)21-16(22-17(13)23)14(20)8-10-2-5-12(19)6-3-10/h2-9H,1H3,(H,21,22,23)/b14-8-. The first kappa shape index (κ1) is 17.2. The van der Waals surface area contributed by atoms with Crippen LogP contribution < -0.4 is 5.56 Å². The molecule has 0 radical (unpaired) electrons. The second kappa shape index (κ2) is 7.09. The Hall–Kier alpha value is -2.63. The van der Waals surface area contributed by atoms with E-state index in [0.29, 0.717) is 21.5 Å². The van der Waals surface area contributed by atoms with Gasteiger partial charge in [-0.05, 0) is 42.0 Å². The molecule has 0 unspecified atom stereocenters. The molecule has 3 aromatic rings. The van der Waals surface area contributed by atoms with Crippen LogP contribution in [-0.4, -0.2) is 23.0 Å². The molecule has 126 valence electrons. The van der Waals surface area contributed by atoms with Crippen LogP contribution in [0.1, 0.15) is 21.7 Å². The van der Waals surface area contributed by atoms with Gasteiger partial charge in [0.25, 0.3) is 5.56 Å². The van der Waals surface area contributed by atoms with E-state index in [2.05, 4.69) is 14.7 Å². The van der Waals surface area contributed by atoms with Crippen LogP contribution in [0.4, 0.5) is 0 Å². The molecule has 0 fully saturated rings. The molecule has 3 rings (SSSR count). The lowest BCUT2D eigenvalue weighted by Gasteiger charge is -2.04. The number of carbonyl (C=O) groups excluding carboxylic acids is 1. The van der Waals surface area contributed by atoms with Crippen molar-refractivity contribution in [2.24, 2.45) is 0 Å². The molecular formula is C18H12Cl2N2O3. The molecule has 1 N–H and O–H groups in total. The number of benzene rings is 2. The largest absolute Gasteiger partial charge is 0.465 e. The summed E-state index contributed by atoms with van der Waals surface area (Å²) >= 11 is 12.1. The number of aromatic amines is 1. The summed E-state index contributed by atoms with van der Waals surface area (Å²) in [6.07, 6.45) is 1.66. The van der Waals surface area contributed by atoms with Gasteiger partial charge in [-0.1, -0.05) is 35.3 Å². The first-order valence-electron chi connectivity index (χ1n) is 7.23. The molecule has 5 nitrogen and oxygen atoms in total. The number of hydrogen-bond donors (Lipinski definition) is 1. The molecule has 0 atom stereocenters. The van der Waals surface area contributed by atoms with Crippen LogP contribution in [0.15, 0.2) is 47.3 Å². The number of H-pyrrole nitrogens is 1. The highest BCUT2D eigenvalue weighted by Crippen LogP contribution is 2.21. The highest BCUT2D eigenvalue weighted by Gasteiger charge is 2.11. The molecule has 0 aliphatic heterocycles. The molecule has 0 saturated heterocycles. The number of aromatic nitrogens is 2. The Bertz CT molecular complexity index is 1040. The molecule has 0 amide bonds. The van der Waals surface area contributed by atoms with E-state index in [0.717, 1.165) is 5.56 Å². The minimum absolute atomic E-state index is 0.205. The van der Waals surface area contributed by atoms with E-state index < -0.39 is 5.97 Å². The van der Waals surface area contributed by atoms with Crippen molar-refractivity contribution in [3.8, 4) is 0 Å². The molecule has 0 aliphatic carbocycles. The molecule has 0 spiro atoms. The number of esters is 1. The number of carbonyl (C=O) groups is 1. The van der Waals surface area contributed by atoms with Gasteiger partial charge in [-0.2, -0.15) is 0 Å². The number of ether oxygens (including phenoxy) is 1. The summed E-state index contributed by atoms with van der Waals surface area (Å²) < 4.78 is 4.68. The van der Waals surface area contributed by atoms with Crippen molar-refractivity contribution in [1.29, 1.82) is 0 Å². The van der Waals surface area contributed by atoms with Gasteiger partial charge in [0.15, 0.2) is 5.82 Å². The molecule has 7 heteroatoms. The highest BCUT2D eigenvalue weighted by molar-refractivity contribution is 6.50. The van der Waals surface area contributed by atoms with E-state index in [4.69, 9.17) is 23.2 Å². The summed E-state index contributed by atoms with van der Waals surface area (Å²) in [5.41, 5.74) is 1.11. The first-order valence-corrected chi connectivity index (χ1v) is 7.99. The van der Waals surface area contributed by atoms with Crippen molar-refractivity contribution >= 4 is 51.2 Å². The number of hydrogen-bond acceptors (Lipinski definition) is 4. The predicted octanol–water partition coefficient (Wildman–Crippen LogP) is 4.10. The fourth-order valence-electron chi connectivity index (χ4n) is 2.27. The van der Waals surface area contributed by atoms with E-state index in [1.807, 2.05) is 0 Å². The van der Waals surface area contributed by atoms with Crippen molar-refractivity contribution in [3.63, 3.8) is 0 Å². The summed E-state index contributed by atoms with van der Waals surface area (Å²) in [7, 11) is 1.29. The number of nitrogens with zero attached hydrogens (tertiary/aromatic N) is 1. The lowest BCUT2D eigenvalue weighted by Crippen LogP contribution is -2.11. The second-order valence-corrected chi connectivity index (χ2v) is 6.03. The Morgan fingerprint density at radius 2 is 1.92 bits per heavy atom. The minimum Gasteiger partial charge on any atom is -0.465 e. The zero-order valence-electron chi connectivity index (χ0n) is 13.0. The van der Waals surface area contributed by atoms with Gasteiger partial charge in [-0.3, -0.25) is 4.79 Å². The average Bonchev–Trinajstić information content (AvgIpc) is 2.62. The topological polar surface area (TPSA) is 72.1 Å². The monoisotopic (exact) mass is 374 g/mol. The molecule has 0 saturated carbocycles. The Kier molecular flexibility index (Phi) is 4.88. The number of methoxy groups -OCH3 is 1. The van der Waals surface area contributed by atoms with Crippen LogP contribution in [0.5, 0.6) is 0 Å². The molecule has 25 heavy (non-hydrogen) atoms. The first-order chi connectivity index (χ1) is 12.0. The second-order valence-electron chi connectivity index (χ2n) is 5.18. The highest BCUT2D eigenvalue weighted by atomic mass is 35.5. The predicted molar refractivity (Wildman–Crippen MR) is 98.9 cm³/mol. The smallest absolute Gasteiger partial charge is 0.337 e. The molecule has 0 aliphatic rings. The van der Waals surface area contributed by atoms with Gasteiger partial charge in [0, 0.05) is 5.02 Å². The number of rotatable bonds is 3. The molecule has 1 aromatic heterocycles. The lowest BCUT2D eigenvalue weighted by atomic mass is 10.1. The SMILES string of the molecule is COC(=O)c1ccc2c(=O)[nH]c(/C(Cl)=C/c3ccc(Cl)cc3)nc2c1. The maximum absolute atomic E-state index is 12.2. The average molecular weight is 375 g/mol. The van der Waals surface area contributed by atoms with Gasteiger partial charge in [0.1, 0.15) is 0 Å². The van der Waals surface area contributed by atoms with Crippen LogP contribution >= 0.6 is 23.2 Å². The molecular weight excluding hydrogens is 363 g/mol. The van der Waals surface area contributed by atoms with E-state index >= 15 is 0 Å². The number of halogens is 2.